The second-order valence-corrected chi connectivity index (χ2v) is 29.0. The van der Waals surface area contributed by atoms with Crippen molar-refractivity contribution in [3.63, 3.8) is 0 Å². The molecule has 0 radical (unpaired) electrons. The minimum absolute atomic E-state index is 0.227. The van der Waals surface area contributed by atoms with Crippen LogP contribution in [-0.4, -0.2) is 152 Å². The number of amides is 4. The summed E-state index contributed by atoms with van der Waals surface area (Å²) in [6, 6.07) is 36.5. The molecule has 3 heterocycles. The van der Waals surface area contributed by atoms with Crippen LogP contribution in [0.15, 0.2) is 160 Å². The molecule has 5 aromatic carbocycles. The van der Waals surface area contributed by atoms with E-state index in [0.29, 0.717) is 90.4 Å². The van der Waals surface area contributed by atoms with E-state index in [4.69, 9.17) is 51.5 Å². The number of aryl methyl sites for hydroxylation is 3. The van der Waals surface area contributed by atoms with E-state index in [1.165, 1.54) is 52.4 Å². The smallest absolute Gasteiger partial charge is 0.444 e. The number of ether oxygens (including phenoxy) is 3. The SMILES string of the molecule is CCCCN.CCCCN(Cc1ccc(-n2cc(C)c(N)nc2=O)cc1)C(=O)OC(C)(C)C.CCCCN(Cc1ccc(-n2cc(C)c(NC(=O)c3ccccc3)nc2=O)cc1)C(=O)OC(C)(C)C.CCCCN(Cc1ccc(B(O)O)cc1)C(=O)OC(C)(C)C.Cc1cnc(=O)[nH]c1N.O=Cc1ccc(B(O)O)cc1. The van der Waals surface area contributed by atoms with Crippen LogP contribution in [0.5, 0.6) is 0 Å². The Labute approximate surface area is 652 Å². The number of carbonyl (C=O) groups is 5. The number of unbranched alkanes of at least 4 members (excludes halogenated alkanes) is 4. The molecule has 0 saturated heterocycles. The first-order valence-electron chi connectivity index (χ1n) is 37.1. The van der Waals surface area contributed by atoms with Gasteiger partial charge in [0.05, 0.1) is 11.4 Å². The lowest BCUT2D eigenvalue weighted by Crippen LogP contribution is -2.37. The monoisotopic (exact) mass is 1530 g/mol. The van der Waals surface area contributed by atoms with Crippen molar-refractivity contribution in [3.8, 4) is 11.4 Å². The van der Waals surface area contributed by atoms with Crippen LogP contribution in [0, 0.1) is 20.8 Å². The summed E-state index contributed by atoms with van der Waals surface area (Å²) in [4.78, 5) is 114. The Kier molecular flexibility index (Phi) is 40.3. The molecule has 0 spiro atoms. The van der Waals surface area contributed by atoms with Gasteiger partial charge in [-0.3, -0.25) is 23.7 Å². The Morgan fingerprint density at radius 1 is 0.523 bits per heavy atom. The highest BCUT2D eigenvalue weighted by molar-refractivity contribution is 6.59. The maximum Gasteiger partial charge on any atom is 0.488 e. The molecule has 4 amide bonds. The van der Waals surface area contributed by atoms with Crippen molar-refractivity contribution < 1.29 is 58.3 Å². The second-order valence-electron chi connectivity index (χ2n) is 29.0. The summed E-state index contributed by atoms with van der Waals surface area (Å²) < 4.78 is 19.4. The molecule has 8 aromatic rings. The van der Waals surface area contributed by atoms with Gasteiger partial charge in [0.2, 0.25) is 0 Å². The molecule has 8 rings (SSSR count). The van der Waals surface area contributed by atoms with Crippen molar-refractivity contribution in [2.75, 3.05) is 43.0 Å². The van der Waals surface area contributed by atoms with Gasteiger partial charge in [0, 0.05) is 85.7 Å². The Bertz CT molecular complexity index is 4330. The largest absolute Gasteiger partial charge is 0.488 e. The number of aromatic amines is 1. The fourth-order valence-electron chi connectivity index (χ4n) is 9.51. The van der Waals surface area contributed by atoms with Gasteiger partial charge in [0.15, 0.2) is 0 Å². The normalized spacial score (nSPS) is 10.7. The van der Waals surface area contributed by atoms with E-state index < -0.39 is 48.1 Å². The van der Waals surface area contributed by atoms with Crippen LogP contribution < -0.4 is 50.5 Å². The third-order valence-electron chi connectivity index (χ3n) is 15.6. The predicted molar refractivity (Wildman–Crippen MR) is 438 cm³/mol. The van der Waals surface area contributed by atoms with Crippen LogP contribution in [0.3, 0.4) is 0 Å². The number of nitrogens with zero attached hydrogens (tertiary/aromatic N) is 8. The third-order valence-corrected chi connectivity index (χ3v) is 15.6. The minimum atomic E-state index is -1.48. The van der Waals surface area contributed by atoms with Gasteiger partial charge in [0.25, 0.3) is 5.91 Å². The molecule has 0 saturated carbocycles. The lowest BCUT2D eigenvalue weighted by atomic mass is 9.80. The number of H-pyrrole nitrogens is 1. The molecular weight excluding hydrogens is 1420 g/mol. The van der Waals surface area contributed by atoms with Crippen LogP contribution in [0.1, 0.15) is 195 Å². The Balaban J connectivity index is 0.000000378. The Hall–Kier alpha value is -10.8. The predicted octanol–water partition coefficient (Wildman–Crippen LogP) is 10.5. The summed E-state index contributed by atoms with van der Waals surface area (Å²) in [6.07, 6.45) is 12.5. The maximum atomic E-state index is 12.7. The van der Waals surface area contributed by atoms with Crippen LogP contribution in [0.25, 0.3) is 11.4 Å². The molecule has 0 unspecified atom stereocenters. The quantitative estimate of drug-likeness (QED) is 0.0154. The van der Waals surface area contributed by atoms with Gasteiger partial charge in [-0.1, -0.05) is 144 Å². The number of benzene rings is 5. The molecule has 3 aromatic heterocycles. The van der Waals surface area contributed by atoms with Crippen LogP contribution >= 0.6 is 0 Å². The van der Waals surface area contributed by atoms with E-state index in [2.05, 4.69) is 52.9 Å². The number of nitrogen functional groups attached to an aromatic ring is 2. The van der Waals surface area contributed by atoms with E-state index in [0.717, 1.165) is 72.9 Å². The van der Waals surface area contributed by atoms with Gasteiger partial charge in [-0.15, -0.1) is 0 Å². The van der Waals surface area contributed by atoms with E-state index in [-0.39, 0.29) is 35.8 Å². The van der Waals surface area contributed by atoms with E-state index in [1.54, 1.807) is 96.4 Å². The average molecular weight is 1530 g/mol. The molecule has 111 heavy (non-hydrogen) atoms. The lowest BCUT2D eigenvalue weighted by Gasteiger charge is -2.27. The number of aromatic nitrogens is 6. The van der Waals surface area contributed by atoms with Gasteiger partial charge < -0.3 is 71.5 Å². The molecular formula is C81H115B2N13O15. The van der Waals surface area contributed by atoms with Crippen molar-refractivity contribution in [2.24, 2.45) is 5.73 Å². The summed E-state index contributed by atoms with van der Waals surface area (Å²) in [5.74, 6) is 0.521. The Morgan fingerprint density at radius 2 is 0.892 bits per heavy atom. The summed E-state index contributed by atoms with van der Waals surface area (Å²) in [5.41, 5.74) is 21.3. The second kappa shape index (κ2) is 47.3. The number of carbonyl (C=O) groups excluding carboxylic acids is 5. The summed E-state index contributed by atoms with van der Waals surface area (Å²) in [7, 11) is -2.94. The topological polar surface area (TPSA) is 409 Å². The van der Waals surface area contributed by atoms with Crippen molar-refractivity contribution >= 4 is 73.1 Å². The van der Waals surface area contributed by atoms with Crippen LogP contribution in [0.4, 0.5) is 31.8 Å². The number of hydrogen-bond acceptors (Lipinski definition) is 21. The van der Waals surface area contributed by atoms with Gasteiger partial charge in [-0.25, -0.2) is 33.8 Å². The van der Waals surface area contributed by atoms with Crippen molar-refractivity contribution in [1.82, 2.24) is 43.8 Å². The fourth-order valence-corrected chi connectivity index (χ4v) is 9.51. The van der Waals surface area contributed by atoms with Crippen molar-refractivity contribution in [1.29, 1.82) is 0 Å². The minimum Gasteiger partial charge on any atom is -0.444 e. The fraction of sp³-hybridized carbons (Fsp3) is 0.420. The van der Waals surface area contributed by atoms with Crippen LogP contribution in [0.2, 0.25) is 0 Å². The van der Waals surface area contributed by atoms with Crippen molar-refractivity contribution in [2.45, 2.75) is 199 Å². The maximum absolute atomic E-state index is 12.7. The van der Waals surface area contributed by atoms with Crippen molar-refractivity contribution in [3.05, 3.63) is 222 Å². The van der Waals surface area contributed by atoms with Crippen LogP contribution in [-0.2, 0) is 33.8 Å². The van der Waals surface area contributed by atoms with Gasteiger partial charge >= 0.3 is 49.6 Å². The number of hydrogen-bond donors (Lipinski definition) is 9. The third kappa shape index (κ3) is 36.1. The number of rotatable bonds is 24. The first kappa shape index (κ1) is 94.4. The first-order chi connectivity index (χ1) is 52.2. The first-order valence-corrected chi connectivity index (χ1v) is 37.1. The van der Waals surface area contributed by atoms with E-state index >= 15 is 0 Å². The molecule has 30 heteroatoms. The number of nitrogens with two attached hydrogens (primary N) is 3. The zero-order valence-corrected chi connectivity index (χ0v) is 67.3. The van der Waals surface area contributed by atoms with E-state index in [1.807, 2.05) is 117 Å². The zero-order valence-electron chi connectivity index (χ0n) is 67.3. The van der Waals surface area contributed by atoms with Gasteiger partial charge in [-0.05, 0) is 179 Å². The van der Waals surface area contributed by atoms with Gasteiger partial charge in [-0.2, -0.15) is 9.97 Å². The number of anilines is 3. The molecule has 0 bridgehead atoms. The molecule has 0 aliphatic carbocycles. The molecule has 0 aliphatic heterocycles. The summed E-state index contributed by atoms with van der Waals surface area (Å²) in [6.45, 7) is 34.4. The highest BCUT2D eigenvalue weighted by Crippen LogP contribution is 2.21. The summed E-state index contributed by atoms with van der Waals surface area (Å²) in [5, 5.41) is 38.2. The molecule has 12 N–H and O–H groups in total. The highest BCUT2D eigenvalue weighted by atomic mass is 16.6. The van der Waals surface area contributed by atoms with Gasteiger partial charge in [0.1, 0.15) is 40.5 Å². The average Bonchev–Trinajstić information content (AvgIpc) is 0.814. The number of aldehydes is 1. The van der Waals surface area contributed by atoms with E-state index in [9.17, 15) is 38.4 Å². The Morgan fingerprint density at radius 3 is 1.23 bits per heavy atom. The molecule has 0 fully saturated rings. The molecule has 28 nitrogen and oxygen atoms in total. The standard InChI is InChI=1S/C28H34N4O4.C21H30N4O3.C16H26BNO4.C7H7BO3.C5H7N3O.C4H11N/c1-6-7-17-31(27(35)36-28(3,4)5)19-21-13-15-23(16-14-21)32-18-20(2)24(30-26(32)34)29-25(33)22-11-9-8-10-12-22;1-6-7-12-24(20(27)28-21(3,4)5)14-16-8-10-17(11-9-16)25-13-15(2)18(22)23-19(25)26;1-5-6-11-18(15(19)22-16(2,3)4)12-13-7-9-14(10-8-13)17(20)21;9-5-6-1-3-7(4-2-6)8(10)11;1-3-2-7-5(9)8-4(3)6;1-2-3-4-5/h8-16,18H,6-7,17,19H2,1-5H3,(H,29,30,33,34);8-11,13H,6-7,12,14H2,1-5H3,(H2,22,23,26);7-10,20-21H,5-6,11-12H2,1-4H3;1-5,10-11H;2H,1H3,(H3,6,7,8,9);2-5H2,1H3. The number of nitrogens with one attached hydrogen (secondary N) is 2. The molecule has 0 aliphatic rings. The lowest BCUT2D eigenvalue weighted by molar-refractivity contribution is 0.0221. The zero-order chi connectivity index (χ0) is 83.2. The molecule has 600 valence electrons. The highest BCUT2D eigenvalue weighted by Gasteiger charge is 2.26. The summed E-state index contributed by atoms with van der Waals surface area (Å²) >= 11 is 0. The molecule has 0 atom stereocenters.